The summed E-state index contributed by atoms with van der Waals surface area (Å²) < 4.78 is 0. The van der Waals surface area contributed by atoms with Crippen LogP contribution in [0.1, 0.15) is 23.1 Å². The molecule has 0 radical (unpaired) electrons. The summed E-state index contributed by atoms with van der Waals surface area (Å²) in [5.74, 6) is 0.0638. The Kier molecular flexibility index (Phi) is 4.77. The van der Waals surface area contributed by atoms with Crippen molar-refractivity contribution in [3.8, 4) is 0 Å². The molecule has 0 bridgehead atoms. The van der Waals surface area contributed by atoms with E-state index in [-0.39, 0.29) is 5.91 Å². The largest absolute Gasteiger partial charge is 0.399 e. The lowest BCUT2D eigenvalue weighted by molar-refractivity contribution is -0.121. The first-order valence-electron chi connectivity index (χ1n) is 6.80. The quantitative estimate of drug-likeness (QED) is 0.819. The minimum absolute atomic E-state index is 0.0638. The standard InChI is InChI=1S/C17H20N2O/c1-13-4-2-6-15(10-13)12-19-17(20)9-8-14-5-3-7-16(18)11-14/h2-7,10-11H,8-9,12,18H2,1H3,(H,19,20). The minimum atomic E-state index is 0.0638. The van der Waals surface area contributed by atoms with E-state index < -0.39 is 0 Å². The fraction of sp³-hybridized carbons (Fsp3) is 0.235. The van der Waals surface area contributed by atoms with Crippen molar-refractivity contribution in [3.05, 3.63) is 65.2 Å². The lowest BCUT2D eigenvalue weighted by Crippen LogP contribution is -2.23. The van der Waals surface area contributed by atoms with E-state index in [1.807, 2.05) is 49.4 Å². The van der Waals surface area contributed by atoms with Gasteiger partial charge in [-0.2, -0.15) is 0 Å². The van der Waals surface area contributed by atoms with Gasteiger partial charge in [0.2, 0.25) is 5.91 Å². The Hall–Kier alpha value is -2.29. The highest BCUT2D eigenvalue weighted by Crippen LogP contribution is 2.09. The van der Waals surface area contributed by atoms with Crippen LogP contribution < -0.4 is 11.1 Å². The summed E-state index contributed by atoms with van der Waals surface area (Å²) in [6.07, 6.45) is 1.19. The van der Waals surface area contributed by atoms with Crippen LogP contribution >= 0.6 is 0 Å². The van der Waals surface area contributed by atoms with Gasteiger partial charge in [0.15, 0.2) is 0 Å². The summed E-state index contributed by atoms with van der Waals surface area (Å²) in [5.41, 5.74) is 9.88. The second-order valence-electron chi connectivity index (χ2n) is 5.01. The molecule has 1 amide bonds. The lowest BCUT2D eigenvalue weighted by Gasteiger charge is -2.06. The first-order chi connectivity index (χ1) is 9.63. The van der Waals surface area contributed by atoms with E-state index in [2.05, 4.69) is 11.4 Å². The molecular formula is C17H20N2O. The molecule has 2 aromatic carbocycles. The number of amides is 1. The number of hydrogen-bond acceptors (Lipinski definition) is 2. The van der Waals surface area contributed by atoms with Crippen molar-refractivity contribution in [1.29, 1.82) is 0 Å². The van der Waals surface area contributed by atoms with E-state index in [9.17, 15) is 4.79 Å². The molecule has 3 N–H and O–H groups in total. The van der Waals surface area contributed by atoms with Crippen LogP contribution in [-0.2, 0) is 17.8 Å². The van der Waals surface area contributed by atoms with Crippen molar-refractivity contribution in [2.75, 3.05) is 5.73 Å². The number of nitrogen functional groups attached to an aromatic ring is 1. The number of nitrogens with two attached hydrogens (primary N) is 1. The zero-order valence-corrected chi connectivity index (χ0v) is 11.7. The molecule has 3 heteroatoms. The lowest BCUT2D eigenvalue weighted by atomic mass is 10.1. The van der Waals surface area contributed by atoms with Crippen molar-refractivity contribution in [2.24, 2.45) is 0 Å². The maximum absolute atomic E-state index is 11.8. The van der Waals surface area contributed by atoms with Gasteiger partial charge in [-0.05, 0) is 36.6 Å². The molecule has 20 heavy (non-hydrogen) atoms. The summed E-state index contributed by atoms with van der Waals surface area (Å²) in [6.45, 7) is 2.63. The number of rotatable bonds is 5. The topological polar surface area (TPSA) is 55.1 Å². The Labute approximate surface area is 119 Å². The van der Waals surface area contributed by atoms with E-state index in [0.29, 0.717) is 19.4 Å². The number of benzene rings is 2. The van der Waals surface area contributed by atoms with Crippen LogP contribution in [-0.4, -0.2) is 5.91 Å². The molecule has 0 saturated heterocycles. The Bertz CT molecular complexity index is 542. The molecule has 0 aliphatic rings. The van der Waals surface area contributed by atoms with Crippen molar-refractivity contribution in [1.82, 2.24) is 5.32 Å². The van der Waals surface area contributed by atoms with Gasteiger partial charge in [-0.1, -0.05) is 42.0 Å². The second kappa shape index (κ2) is 6.75. The van der Waals surface area contributed by atoms with Gasteiger partial charge in [-0.15, -0.1) is 0 Å². The molecule has 0 heterocycles. The van der Waals surface area contributed by atoms with Crippen LogP contribution in [0.4, 0.5) is 5.69 Å². The fourth-order valence-electron chi connectivity index (χ4n) is 2.12. The maximum Gasteiger partial charge on any atom is 0.220 e. The Morgan fingerprint density at radius 2 is 1.85 bits per heavy atom. The monoisotopic (exact) mass is 268 g/mol. The summed E-state index contributed by atoms with van der Waals surface area (Å²) in [5, 5.41) is 2.94. The molecule has 0 saturated carbocycles. The van der Waals surface area contributed by atoms with Crippen LogP contribution in [0, 0.1) is 6.92 Å². The molecule has 2 rings (SSSR count). The summed E-state index contributed by atoms with van der Waals surface area (Å²) in [4.78, 5) is 11.8. The van der Waals surface area contributed by atoms with Crippen LogP contribution in [0.25, 0.3) is 0 Å². The molecule has 2 aromatic rings. The zero-order chi connectivity index (χ0) is 14.4. The van der Waals surface area contributed by atoms with Crippen LogP contribution in [0.3, 0.4) is 0 Å². The second-order valence-corrected chi connectivity index (χ2v) is 5.01. The van der Waals surface area contributed by atoms with Gasteiger partial charge < -0.3 is 11.1 Å². The summed E-state index contributed by atoms with van der Waals surface area (Å²) in [7, 11) is 0. The SMILES string of the molecule is Cc1cccc(CNC(=O)CCc2cccc(N)c2)c1. The van der Waals surface area contributed by atoms with E-state index in [4.69, 9.17) is 5.73 Å². The predicted molar refractivity (Wildman–Crippen MR) is 82.2 cm³/mol. The molecule has 0 fully saturated rings. The smallest absolute Gasteiger partial charge is 0.220 e. The third kappa shape index (κ3) is 4.43. The summed E-state index contributed by atoms with van der Waals surface area (Å²) in [6, 6.07) is 15.8. The predicted octanol–water partition coefficient (Wildman–Crippen LogP) is 2.83. The van der Waals surface area contributed by atoms with E-state index in [1.165, 1.54) is 5.56 Å². The molecule has 0 aromatic heterocycles. The average molecular weight is 268 g/mol. The molecule has 0 aliphatic heterocycles. The van der Waals surface area contributed by atoms with Crippen molar-refractivity contribution in [2.45, 2.75) is 26.3 Å². The normalized spacial score (nSPS) is 10.2. The van der Waals surface area contributed by atoms with E-state index >= 15 is 0 Å². The maximum atomic E-state index is 11.8. The molecule has 0 spiro atoms. The zero-order valence-electron chi connectivity index (χ0n) is 11.7. The third-order valence-corrected chi connectivity index (χ3v) is 3.16. The highest BCUT2D eigenvalue weighted by molar-refractivity contribution is 5.76. The molecule has 0 unspecified atom stereocenters. The van der Waals surface area contributed by atoms with Gasteiger partial charge in [0.1, 0.15) is 0 Å². The van der Waals surface area contributed by atoms with Crippen LogP contribution in [0.2, 0.25) is 0 Å². The molecule has 3 nitrogen and oxygen atoms in total. The van der Waals surface area contributed by atoms with Gasteiger partial charge in [0, 0.05) is 18.7 Å². The summed E-state index contributed by atoms with van der Waals surface area (Å²) >= 11 is 0. The molecule has 0 atom stereocenters. The van der Waals surface area contributed by atoms with Crippen LogP contribution in [0.5, 0.6) is 0 Å². The number of hydrogen-bond donors (Lipinski definition) is 2. The highest BCUT2D eigenvalue weighted by Gasteiger charge is 2.03. The number of nitrogens with one attached hydrogen (secondary N) is 1. The van der Waals surface area contributed by atoms with Gasteiger partial charge in [0.25, 0.3) is 0 Å². The average Bonchev–Trinajstić information content (AvgIpc) is 2.43. The van der Waals surface area contributed by atoms with E-state index in [1.54, 1.807) is 0 Å². The van der Waals surface area contributed by atoms with Gasteiger partial charge in [-0.25, -0.2) is 0 Å². The Morgan fingerprint density at radius 3 is 2.60 bits per heavy atom. The first-order valence-corrected chi connectivity index (χ1v) is 6.80. The van der Waals surface area contributed by atoms with Gasteiger partial charge in [0.05, 0.1) is 0 Å². The van der Waals surface area contributed by atoms with Gasteiger partial charge in [-0.3, -0.25) is 4.79 Å². The number of carbonyl (C=O) groups is 1. The van der Waals surface area contributed by atoms with Crippen molar-refractivity contribution >= 4 is 11.6 Å². The van der Waals surface area contributed by atoms with Crippen molar-refractivity contribution < 1.29 is 4.79 Å². The molecule has 0 aliphatic carbocycles. The van der Waals surface area contributed by atoms with Crippen molar-refractivity contribution in [3.63, 3.8) is 0 Å². The minimum Gasteiger partial charge on any atom is -0.399 e. The number of aryl methyl sites for hydroxylation is 2. The number of carbonyl (C=O) groups excluding carboxylic acids is 1. The molecule has 104 valence electrons. The van der Waals surface area contributed by atoms with Gasteiger partial charge >= 0.3 is 0 Å². The fourth-order valence-corrected chi connectivity index (χ4v) is 2.12. The highest BCUT2D eigenvalue weighted by atomic mass is 16.1. The Morgan fingerprint density at radius 1 is 1.10 bits per heavy atom. The van der Waals surface area contributed by atoms with E-state index in [0.717, 1.165) is 16.8 Å². The third-order valence-electron chi connectivity index (χ3n) is 3.16. The Balaban J connectivity index is 1.78. The molecular weight excluding hydrogens is 248 g/mol. The first kappa shape index (κ1) is 14.1. The number of anilines is 1. The van der Waals surface area contributed by atoms with Crippen LogP contribution in [0.15, 0.2) is 48.5 Å².